The van der Waals surface area contributed by atoms with Gasteiger partial charge in [0.1, 0.15) is 18.4 Å². The van der Waals surface area contributed by atoms with Gasteiger partial charge in [0.05, 0.1) is 5.69 Å². The number of hydrogen-bond acceptors (Lipinski definition) is 4. The number of likely N-dealkylation sites (N-methyl/N-ethyl adjacent to an activating group) is 1. The maximum Gasteiger partial charge on any atom is 0.272 e. The molecule has 0 spiro atoms. The van der Waals surface area contributed by atoms with Gasteiger partial charge in [0.2, 0.25) is 0 Å². The molecule has 0 saturated heterocycles. The largest absolute Gasteiger partial charge is 0.489 e. The third kappa shape index (κ3) is 3.61. The Kier molecular flexibility index (Phi) is 4.84. The summed E-state index contributed by atoms with van der Waals surface area (Å²) in [6.07, 6.45) is 2.79. The topological polar surface area (TPSA) is 87.3 Å². The minimum Gasteiger partial charge on any atom is -0.489 e. The molecular formula is C22H28N4O3. The van der Waals surface area contributed by atoms with Gasteiger partial charge in [-0.15, -0.1) is 0 Å². The van der Waals surface area contributed by atoms with E-state index in [9.17, 15) is 9.59 Å². The molecule has 154 valence electrons. The highest BCUT2D eigenvalue weighted by molar-refractivity contribution is 6.03. The monoisotopic (exact) mass is 396 g/mol. The van der Waals surface area contributed by atoms with Crippen molar-refractivity contribution in [2.24, 2.45) is 11.3 Å². The molecule has 0 saturated carbocycles. The molecular weight excluding hydrogens is 368 g/mol. The van der Waals surface area contributed by atoms with Crippen molar-refractivity contribution in [3.8, 4) is 5.75 Å². The van der Waals surface area contributed by atoms with Gasteiger partial charge in [-0.05, 0) is 42.7 Å². The number of carbonyl (C=O) groups excluding carboxylic acids is 2. The summed E-state index contributed by atoms with van der Waals surface area (Å²) in [5.41, 5.74) is 3.27. The van der Waals surface area contributed by atoms with Gasteiger partial charge in [0.25, 0.3) is 11.8 Å². The van der Waals surface area contributed by atoms with E-state index in [4.69, 9.17) is 4.74 Å². The average molecular weight is 396 g/mol. The number of nitrogens with one attached hydrogen (secondary N) is 2. The number of anilines is 1. The second-order valence-electron chi connectivity index (χ2n) is 9.04. The van der Waals surface area contributed by atoms with Gasteiger partial charge in [-0.2, -0.15) is 5.10 Å². The molecule has 7 nitrogen and oxygen atoms in total. The number of amides is 2. The lowest BCUT2D eigenvalue weighted by Gasteiger charge is -2.33. The van der Waals surface area contributed by atoms with E-state index in [2.05, 4.69) is 36.3 Å². The molecule has 0 radical (unpaired) electrons. The van der Waals surface area contributed by atoms with Crippen LogP contribution in [0.4, 0.5) is 5.69 Å². The predicted molar refractivity (Wildman–Crippen MR) is 110 cm³/mol. The van der Waals surface area contributed by atoms with E-state index < -0.39 is 6.04 Å². The zero-order valence-electron chi connectivity index (χ0n) is 17.4. The van der Waals surface area contributed by atoms with Crippen molar-refractivity contribution < 1.29 is 14.3 Å². The first-order valence-electron chi connectivity index (χ1n) is 10.1. The van der Waals surface area contributed by atoms with Crippen molar-refractivity contribution in [2.45, 2.75) is 46.1 Å². The minimum absolute atomic E-state index is 0.0865. The number of H-pyrrole nitrogens is 1. The van der Waals surface area contributed by atoms with Gasteiger partial charge in [-0.3, -0.25) is 14.7 Å². The van der Waals surface area contributed by atoms with E-state index in [1.54, 1.807) is 7.05 Å². The summed E-state index contributed by atoms with van der Waals surface area (Å²) in [4.78, 5) is 27.4. The number of para-hydroxylation sites is 2. The Labute approximate surface area is 170 Å². The van der Waals surface area contributed by atoms with Crippen LogP contribution in [-0.2, 0) is 17.6 Å². The number of fused-ring (bicyclic) bond motifs is 2. The number of hydrogen-bond donors (Lipinski definition) is 2. The second kappa shape index (κ2) is 7.21. The number of rotatable bonds is 2. The second-order valence-corrected chi connectivity index (χ2v) is 9.04. The van der Waals surface area contributed by atoms with E-state index >= 15 is 0 Å². The Morgan fingerprint density at radius 3 is 2.83 bits per heavy atom. The molecule has 2 unspecified atom stereocenters. The maximum absolute atomic E-state index is 13.0. The molecule has 1 aromatic carbocycles. The number of benzene rings is 1. The fraction of sp³-hybridized carbons (Fsp3) is 0.500. The van der Waals surface area contributed by atoms with Gasteiger partial charge >= 0.3 is 0 Å². The predicted octanol–water partition coefficient (Wildman–Crippen LogP) is 2.71. The van der Waals surface area contributed by atoms with Crippen molar-refractivity contribution in [3.63, 3.8) is 0 Å². The van der Waals surface area contributed by atoms with Gasteiger partial charge in [0, 0.05) is 18.3 Å². The molecule has 7 heteroatoms. The number of nitrogens with zero attached hydrogens (tertiary/aromatic N) is 2. The highest BCUT2D eigenvalue weighted by atomic mass is 16.5. The Balaban J connectivity index is 1.53. The molecule has 1 aliphatic carbocycles. The van der Waals surface area contributed by atoms with Crippen LogP contribution in [0, 0.1) is 11.3 Å². The number of aromatic nitrogens is 2. The fourth-order valence-corrected chi connectivity index (χ4v) is 4.21. The van der Waals surface area contributed by atoms with Crippen molar-refractivity contribution >= 4 is 17.5 Å². The minimum atomic E-state index is -0.769. The first kappa shape index (κ1) is 19.5. The molecule has 2 aromatic rings. The smallest absolute Gasteiger partial charge is 0.272 e. The molecule has 4 rings (SSSR count). The van der Waals surface area contributed by atoms with Crippen LogP contribution in [-0.4, -0.2) is 41.7 Å². The van der Waals surface area contributed by atoms with Crippen LogP contribution in [0.3, 0.4) is 0 Å². The summed E-state index contributed by atoms with van der Waals surface area (Å²) in [5, 5.41) is 10.2. The molecule has 2 aliphatic rings. The van der Waals surface area contributed by atoms with Gasteiger partial charge in [-0.25, -0.2) is 0 Å². The Bertz CT molecular complexity index is 944. The molecule has 1 aliphatic heterocycles. The summed E-state index contributed by atoms with van der Waals surface area (Å²) in [7, 11) is 1.69. The molecule has 2 amide bonds. The van der Waals surface area contributed by atoms with E-state index in [1.165, 1.54) is 4.90 Å². The first-order valence-corrected chi connectivity index (χ1v) is 10.1. The van der Waals surface area contributed by atoms with Gasteiger partial charge in [-0.1, -0.05) is 32.9 Å². The number of aromatic amines is 1. The van der Waals surface area contributed by atoms with Crippen LogP contribution in [0.5, 0.6) is 5.75 Å². The van der Waals surface area contributed by atoms with Crippen LogP contribution < -0.4 is 15.0 Å². The van der Waals surface area contributed by atoms with Crippen LogP contribution in [0.15, 0.2) is 24.3 Å². The third-order valence-electron chi connectivity index (χ3n) is 6.15. The molecule has 2 atom stereocenters. The van der Waals surface area contributed by atoms with E-state index in [0.717, 1.165) is 30.5 Å². The maximum atomic E-state index is 13.0. The van der Waals surface area contributed by atoms with Crippen LogP contribution >= 0.6 is 0 Å². The lowest BCUT2D eigenvalue weighted by molar-refractivity contribution is -0.120. The molecule has 0 bridgehead atoms. The summed E-state index contributed by atoms with van der Waals surface area (Å²) >= 11 is 0. The Hall–Kier alpha value is -2.83. The summed E-state index contributed by atoms with van der Waals surface area (Å²) in [5.74, 6) is 0.575. The van der Waals surface area contributed by atoms with Gasteiger partial charge in [0.15, 0.2) is 5.69 Å². The standard InChI is InChI=1S/C22H28N4O3/c1-22(2,3)13-9-10-15-14(11-13)19(25-24-15)20(27)23-16-12-29-18-8-6-5-7-17(18)26(4)21(16)28/h5-8,13,16H,9-12H2,1-4H3,(H,23,27)(H,24,25). The fourth-order valence-electron chi connectivity index (χ4n) is 4.21. The van der Waals surface area contributed by atoms with Gasteiger partial charge < -0.3 is 15.0 Å². The van der Waals surface area contributed by atoms with Crippen molar-refractivity contribution in [3.05, 3.63) is 41.2 Å². The summed E-state index contributed by atoms with van der Waals surface area (Å²) in [6.45, 7) is 6.79. The molecule has 2 N–H and O–H groups in total. The highest BCUT2D eigenvalue weighted by Crippen LogP contribution is 2.37. The van der Waals surface area contributed by atoms with E-state index in [-0.39, 0.29) is 23.8 Å². The highest BCUT2D eigenvalue weighted by Gasteiger charge is 2.35. The van der Waals surface area contributed by atoms with Crippen molar-refractivity contribution in [1.82, 2.24) is 15.5 Å². The lowest BCUT2D eigenvalue weighted by atomic mass is 9.71. The number of ether oxygens (including phenoxy) is 1. The molecule has 2 heterocycles. The molecule has 0 fully saturated rings. The Morgan fingerprint density at radius 1 is 1.31 bits per heavy atom. The average Bonchev–Trinajstić information content (AvgIpc) is 3.08. The van der Waals surface area contributed by atoms with Crippen molar-refractivity contribution in [2.75, 3.05) is 18.6 Å². The van der Waals surface area contributed by atoms with E-state index in [0.29, 0.717) is 23.0 Å². The quantitative estimate of drug-likeness (QED) is 0.817. The summed E-state index contributed by atoms with van der Waals surface area (Å²) in [6, 6.07) is 6.59. The van der Waals surface area contributed by atoms with Crippen LogP contribution in [0.2, 0.25) is 0 Å². The molecule has 29 heavy (non-hydrogen) atoms. The Morgan fingerprint density at radius 2 is 2.07 bits per heavy atom. The lowest BCUT2D eigenvalue weighted by Crippen LogP contribution is -2.49. The number of carbonyl (C=O) groups is 2. The van der Waals surface area contributed by atoms with Crippen molar-refractivity contribution in [1.29, 1.82) is 0 Å². The molecule has 1 aromatic heterocycles. The zero-order chi connectivity index (χ0) is 20.8. The SMILES string of the molecule is CN1C(=O)C(NC(=O)c2n[nH]c3c2CC(C(C)(C)C)CC3)COc2ccccc21. The first-order chi connectivity index (χ1) is 13.8. The van der Waals surface area contributed by atoms with E-state index in [1.807, 2.05) is 24.3 Å². The third-order valence-corrected chi connectivity index (χ3v) is 6.15. The summed E-state index contributed by atoms with van der Waals surface area (Å²) < 4.78 is 5.79. The van der Waals surface area contributed by atoms with Crippen LogP contribution in [0.25, 0.3) is 0 Å². The zero-order valence-corrected chi connectivity index (χ0v) is 17.4. The number of aryl methyl sites for hydroxylation is 1. The normalized spacial score (nSPS) is 21.7. The van der Waals surface area contributed by atoms with Crippen LogP contribution in [0.1, 0.15) is 48.9 Å².